The summed E-state index contributed by atoms with van der Waals surface area (Å²) in [5.41, 5.74) is 3.92. The number of nitrogens with one attached hydrogen (secondary N) is 1. The van der Waals surface area contributed by atoms with Gasteiger partial charge >= 0.3 is 0 Å². The second kappa shape index (κ2) is 7.95. The van der Waals surface area contributed by atoms with Crippen molar-refractivity contribution in [1.29, 1.82) is 0 Å². The molecule has 2 rings (SSSR count). The van der Waals surface area contributed by atoms with E-state index in [2.05, 4.69) is 31.3 Å². The molecule has 0 spiro atoms. The van der Waals surface area contributed by atoms with Gasteiger partial charge in [0.1, 0.15) is 0 Å². The van der Waals surface area contributed by atoms with E-state index in [9.17, 15) is 0 Å². The fraction of sp³-hybridized carbons (Fsp3) is 0.824. The second-order valence-electron chi connectivity index (χ2n) is 6.36. The van der Waals surface area contributed by atoms with Crippen LogP contribution in [0.4, 0.5) is 0 Å². The maximum absolute atomic E-state index is 5.70. The Morgan fingerprint density at radius 3 is 2.76 bits per heavy atom. The largest absolute Gasteiger partial charge is 0.378 e. The van der Waals surface area contributed by atoms with Crippen molar-refractivity contribution in [2.24, 2.45) is 7.05 Å². The van der Waals surface area contributed by atoms with Gasteiger partial charge < -0.3 is 10.1 Å². The Kier molecular flexibility index (Phi) is 6.24. The zero-order chi connectivity index (χ0) is 15.2. The normalized spacial score (nSPS) is 20.1. The molecule has 0 bridgehead atoms. The van der Waals surface area contributed by atoms with Gasteiger partial charge in [0.05, 0.1) is 11.8 Å². The lowest BCUT2D eigenvalue weighted by atomic mass is 9.98. The van der Waals surface area contributed by atoms with E-state index in [0.29, 0.717) is 12.1 Å². The smallest absolute Gasteiger partial charge is 0.0628 e. The monoisotopic (exact) mass is 293 g/mol. The highest BCUT2D eigenvalue weighted by molar-refractivity contribution is 5.24. The van der Waals surface area contributed by atoms with Crippen molar-refractivity contribution in [2.45, 2.75) is 70.9 Å². The lowest BCUT2D eigenvalue weighted by Crippen LogP contribution is -2.26. The fourth-order valence-corrected chi connectivity index (χ4v) is 3.39. The van der Waals surface area contributed by atoms with Crippen molar-refractivity contribution in [3.63, 3.8) is 0 Å². The first kappa shape index (κ1) is 16.5. The summed E-state index contributed by atoms with van der Waals surface area (Å²) >= 11 is 0. The van der Waals surface area contributed by atoms with Crippen molar-refractivity contribution in [3.8, 4) is 0 Å². The molecule has 1 aliphatic rings. The van der Waals surface area contributed by atoms with E-state index in [4.69, 9.17) is 4.74 Å². The zero-order valence-corrected chi connectivity index (χ0v) is 14.1. The standard InChI is InChI=1S/C17H31N3O/c1-13-17(14(2)20(4)19-13)11-10-15(18-3)7-5-8-16-9-6-12-21-16/h15-16,18H,5-12H2,1-4H3. The molecule has 4 heteroatoms. The molecular formula is C17H31N3O. The van der Waals surface area contributed by atoms with Crippen LogP contribution in [0, 0.1) is 13.8 Å². The molecule has 1 aromatic heterocycles. The average Bonchev–Trinajstić information content (AvgIpc) is 3.05. The summed E-state index contributed by atoms with van der Waals surface area (Å²) in [4.78, 5) is 0. The van der Waals surface area contributed by atoms with Gasteiger partial charge in [-0.05, 0) is 71.4 Å². The van der Waals surface area contributed by atoms with Gasteiger partial charge in [-0.15, -0.1) is 0 Å². The number of nitrogens with zero attached hydrogens (tertiary/aromatic N) is 2. The highest BCUT2D eigenvalue weighted by Crippen LogP contribution is 2.20. The van der Waals surface area contributed by atoms with E-state index >= 15 is 0 Å². The first-order valence-corrected chi connectivity index (χ1v) is 8.39. The van der Waals surface area contributed by atoms with E-state index in [1.54, 1.807) is 0 Å². The van der Waals surface area contributed by atoms with Crippen LogP contribution in [0.3, 0.4) is 0 Å². The summed E-state index contributed by atoms with van der Waals surface area (Å²) in [5.74, 6) is 0. The highest BCUT2D eigenvalue weighted by Gasteiger charge is 2.16. The van der Waals surface area contributed by atoms with E-state index in [1.807, 2.05) is 11.7 Å². The third-order valence-electron chi connectivity index (χ3n) is 4.91. The fourth-order valence-electron chi connectivity index (χ4n) is 3.39. The summed E-state index contributed by atoms with van der Waals surface area (Å²) in [6, 6.07) is 0.602. The minimum absolute atomic E-state index is 0.533. The first-order chi connectivity index (χ1) is 10.1. The van der Waals surface area contributed by atoms with Gasteiger partial charge in [-0.1, -0.05) is 0 Å². The molecule has 1 aromatic rings. The van der Waals surface area contributed by atoms with Gasteiger partial charge in [0.15, 0.2) is 0 Å². The number of hydrogen-bond acceptors (Lipinski definition) is 3. The Labute approximate surface area is 129 Å². The molecule has 0 aliphatic carbocycles. The molecule has 2 unspecified atom stereocenters. The maximum Gasteiger partial charge on any atom is 0.0628 e. The number of rotatable bonds is 8. The minimum atomic E-state index is 0.533. The summed E-state index contributed by atoms with van der Waals surface area (Å²) in [6.45, 7) is 5.26. The molecule has 1 N–H and O–H groups in total. The van der Waals surface area contributed by atoms with Crippen LogP contribution in [0.2, 0.25) is 0 Å². The van der Waals surface area contributed by atoms with Crippen LogP contribution in [0.1, 0.15) is 55.5 Å². The van der Waals surface area contributed by atoms with Gasteiger partial charge in [0.25, 0.3) is 0 Å². The van der Waals surface area contributed by atoms with Crippen LogP contribution in [-0.2, 0) is 18.2 Å². The van der Waals surface area contributed by atoms with E-state index < -0.39 is 0 Å². The number of hydrogen-bond donors (Lipinski definition) is 1. The van der Waals surface area contributed by atoms with Crippen LogP contribution >= 0.6 is 0 Å². The molecule has 0 aromatic carbocycles. The molecule has 0 radical (unpaired) electrons. The van der Waals surface area contributed by atoms with Crippen molar-refractivity contribution >= 4 is 0 Å². The Bertz CT molecular complexity index is 435. The van der Waals surface area contributed by atoms with Gasteiger partial charge in [-0.2, -0.15) is 5.10 Å². The molecule has 1 fully saturated rings. The molecule has 21 heavy (non-hydrogen) atoms. The van der Waals surface area contributed by atoms with Gasteiger partial charge in [-0.3, -0.25) is 4.68 Å². The third kappa shape index (κ3) is 4.55. The topological polar surface area (TPSA) is 39.1 Å². The van der Waals surface area contributed by atoms with Crippen molar-refractivity contribution < 1.29 is 4.74 Å². The molecule has 1 saturated heterocycles. The maximum atomic E-state index is 5.70. The van der Waals surface area contributed by atoms with Crippen LogP contribution < -0.4 is 5.32 Å². The van der Waals surface area contributed by atoms with E-state index in [-0.39, 0.29) is 0 Å². The molecule has 1 aliphatic heterocycles. The SMILES string of the molecule is CNC(CCCC1CCCO1)CCc1c(C)nn(C)c1C. The molecule has 4 nitrogen and oxygen atoms in total. The predicted molar refractivity (Wildman–Crippen MR) is 86.7 cm³/mol. The van der Waals surface area contributed by atoms with Crippen molar-refractivity contribution in [2.75, 3.05) is 13.7 Å². The van der Waals surface area contributed by atoms with Crippen molar-refractivity contribution in [3.05, 3.63) is 17.0 Å². The lowest BCUT2D eigenvalue weighted by Gasteiger charge is -2.17. The predicted octanol–water partition coefficient (Wildman–Crippen LogP) is 2.91. The summed E-state index contributed by atoms with van der Waals surface area (Å²) in [7, 11) is 4.11. The molecule has 0 amide bonds. The quantitative estimate of drug-likeness (QED) is 0.801. The summed E-state index contributed by atoms with van der Waals surface area (Å²) in [6.07, 6.45) is 9.09. The highest BCUT2D eigenvalue weighted by atomic mass is 16.5. The third-order valence-corrected chi connectivity index (χ3v) is 4.91. The summed E-state index contributed by atoms with van der Waals surface area (Å²) < 4.78 is 7.70. The van der Waals surface area contributed by atoms with Crippen LogP contribution in [0.5, 0.6) is 0 Å². The Hall–Kier alpha value is -0.870. The molecular weight excluding hydrogens is 262 g/mol. The molecule has 120 valence electrons. The average molecular weight is 293 g/mol. The lowest BCUT2D eigenvalue weighted by molar-refractivity contribution is 0.101. The summed E-state index contributed by atoms with van der Waals surface area (Å²) in [5, 5.41) is 7.98. The molecule has 0 saturated carbocycles. The zero-order valence-electron chi connectivity index (χ0n) is 14.1. The van der Waals surface area contributed by atoms with Crippen molar-refractivity contribution in [1.82, 2.24) is 15.1 Å². The van der Waals surface area contributed by atoms with Crippen LogP contribution in [0.25, 0.3) is 0 Å². The molecule has 2 atom stereocenters. The van der Waals surface area contributed by atoms with Crippen LogP contribution in [0.15, 0.2) is 0 Å². The van der Waals surface area contributed by atoms with Gasteiger partial charge in [0, 0.05) is 25.4 Å². The van der Waals surface area contributed by atoms with Gasteiger partial charge in [-0.25, -0.2) is 0 Å². The van der Waals surface area contributed by atoms with E-state index in [1.165, 1.54) is 55.5 Å². The minimum Gasteiger partial charge on any atom is -0.378 e. The number of ether oxygens (including phenoxy) is 1. The van der Waals surface area contributed by atoms with Crippen LogP contribution in [-0.4, -0.2) is 35.6 Å². The second-order valence-corrected chi connectivity index (χ2v) is 6.36. The van der Waals surface area contributed by atoms with E-state index in [0.717, 1.165) is 13.0 Å². The Balaban J connectivity index is 1.73. The Morgan fingerprint density at radius 1 is 1.38 bits per heavy atom. The number of aromatic nitrogens is 2. The number of aryl methyl sites for hydroxylation is 2. The molecule has 2 heterocycles. The van der Waals surface area contributed by atoms with Gasteiger partial charge in [0.2, 0.25) is 0 Å². The Morgan fingerprint density at radius 2 is 2.19 bits per heavy atom. The first-order valence-electron chi connectivity index (χ1n) is 8.39.